The van der Waals surface area contributed by atoms with Crippen molar-refractivity contribution in [3.63, 3.8) is 0 Å². The van der Waals surface area contributed by atoms with Gasteiger partial charge in [-0.05, 0) is 114 Å². The van der Waals surface area contributed by atoms with Crippen molar-refractivity contribution >= 4 is 24.7 Å². The van der Waals surface area contributed by atoms with Gasteiger partial charge in [0.05, 0.1) is 36.6 Å². The molecule has 0 amide bonds. The summed E-state index contributed by atoms with van der Waals surface area (Å²) in [5.74, 6) is 2.75. The van der Waals surface area contributed by atoms with Crippen LogP contribution in [-0.2, 0) is 18.6 Å². The van der Waals surface area contributed by atoms with E-state index in [1.807, 2.05) is 20.2 Å². The molecule has 9 unspecified atom stereocenters. The van der Waals surface area contributed by atoms with Gasteiger partial charge in [0.1, 0.15) is 0 Å². The monoisotopic (exact) mass is 612 g/mol. The Kier molecular flexibility index (Phi) is 11.7. The highest BCUT2D eigenvalue weighted by Gasteiger charge is 2.45. The first-order chi connectivity index (χ1) is 18.7. The van der Waals surface area contributed by atoms with Crippen molar-refractivity contribution in [1.29, 1.82) is 0 Å². The largest absolute Gasteiger partial charge is 0.432 e. The van der Waals surface area contributed by atoms with Gasteiger partial charge in [0.15, 0.2) is 16.6 Å². The smallest absolute Gasteiger partial charge is 0.186 e. The Hall–Kier alpha value is 0.451. The summed E-state index contributed by atoms with van der Waals surface area (Å²) in [5, 5.41) is 0. The molecule has 0 aromatic heterocycles. The van der Waals surface area contributed by atoms with E-state index in [2.05, 4.69) is 32.7 Å². The second kappa shape index (κ2) is 14.0. The molecule has 3 aliphatic carbocycles. The fourth-order valence-electron chi connectivity index (χ4n) is 7.10. The zero-order valence-corrected chi connectivity index (χ0v) is 30.4. The Morgan fingerprint density at radius 3 is 1.25 bits per heavy atom. The van der Waals surface area contributed by atoms with Crippen molar-refractivity contribution in [2.24, 2.45) is 17.8 Å². The van der Waals surface area contributed by atoms with Crippen LogP contribution in [0.2, 0.25) is 64.0 Å². The standard InChI is InChI=1S/C11H22O2Si.C11H22OSi.C10H20O2Si/c1-12-14(2,3)7-6-9-4-5-10-11(8-9)13-10;1-13(2,3)7-6-9-4-5-10-11(8-9)12-10;1-13(2,11)6-5-8-3-4-9-10(7-8)12-9/h9-11H,4-8H2,1-3H3;9-11H,4-8H2,1-3H3;8-11H,3-7H2,1-2H3. The highest BCUT2D eigenvalue weighted by atomic mass is 28.4. The average molecular weight is 613 g/mol. The van der Waals surface area contributed by atoms with Crippen molar-refractivity contribution in [3.8, 4) is 0 Å². The van der Waals surface area contributed by atoms with E-state index in [1.165, 1.54) is 89.1 Å². The van der Waals surface area contributed by atoms with Crippen LogP contribution in [0.1, 0.15) is 77.0 Å². The SMILES string of the molecule is CO[Si](C)(C)CCC1CCC2OC2C1.C[Si](C)(C)CCC1CCC2OC2C1.C[Si](C)(O)CCC1CCC2OC2C1. The molecule has 3 saturated carbocycles. The third-order valence-electron chi connectivity index (χ3n) is 10.5. The van der Waals surface area contributed by atoms with Gasteiger partial charge in [-0.15, -0.1) is 0 Å². The normalized spacial score (nSPS) is 37.9. The highest BCUT2D eigenvalue weighted by Crippen LogP contribution is 2.43. The fourth-order valence-corrected chi connectivity index (χ4v) is 10.8. The lowest BCUT2D eigenvalue weighted by atomic mass is 9.88. The number of fused-ring (bicyclic) bond motifs is 3. The number of hydrogen-bond acceptors (Lipinski definition) is 5. The summed E-state index contributed by atoms with van der Waals surface area (Å²) in [5.41, 5.74) is 0. The van der Waals surface area contributed by atoms with Gasteiger partial charge in [-0.2, -0.15) is 0 Å². The second-order valence-corrected chi connectivity index (χ2v) is 30.8. The van der Waals surface area contributed by atoms with Crippen LogP contribution < -0.4 is 0 Å². The maximum Gasteiger partial charge on any atom is 0.186 e. The first kappa shape index (κ1) is 33.3. The fraction of sp³-hybridized carbons (Fsp3) is 1.00. The van der Waals surface area contributed by atoms with Crippen LogP contribution >= 0.6 is 0 Å². The first-order valence-corrected chi connectivity index (χ1v) is 26.9. The van der Waals surface area contributed by atoms with E-state index >= 15 is 0 Å². The van der Waals surface area contributed by atoms with Crippen molar-refractivity contribution in [1.82, 2.24) is 0 Å². The molecule has 1 N–H and O–H groups in total. The molecule has 0 aromatic rings. The molecule has 0 bridgehead atoms. The molecule has 6 rings (SSSR count). The minimum atomic E-state index is -1.79. The molecular formula is C32H64O5Si3. The molecule has 234 valence electrons. The summed E-state index contributed by atoms with van der Waals surface area (Å²) in [4.78, 5) is 9.73. The Morgan fingerprint density at radius 2 is 0.925 bits per heavy atom. The van der Waals surface area contributed by atoms with E-state index in [9.17, 15) is 4.80 Å². The first-order valence-electron chi connectivity index (χ1n) is 16.9. The van der Waals surface area contributed by atoms with E-state index in [0.717, 1.165) is 23.8 Å². The van der Waals surface area contributed by atoms with Crippen molar-refractivity contribution in [2.75, 3.05) is 7.11 Å². The van der Waals surface area contributed by atoms with Crippen molar-refractivity contribution in [3.05, 3.63) is 0 Å². The zero-order chi connectivity index (χ0) is 29.1. The van der Waals surface area contributed by atoms with E-state index in [4.69, 9.17) is 18.6 Å². The maximum absolute atomic E-state index is 9.73. The molecule has 0 spiro atoms. The van der Waals surface area contributed by atoms with Gasteiger partial charge < -0.3 is 23.4 Å². The summed E-state index contributed by atoms with van der Waals surface area (Å²) in [7, 11) is -2.02. The number of hydrogen-bond donors (Lipinski definition) is 1. The van der Waals surface area contributed by atoms with Crippen molar-refractivity contribution in [2.45, 2.75) is 178 Å². The quantitative estimate of drug-likeness (QED) is 0.199. The summed E-state index contributed by atoms with van der Waals surface area (Å²) in [6.45, 7) is 16.1. The molecular weight excluding hydrogens is 549 g/mol. The summed E-state index contributed by atoms with van der Waals surface area (Å²) >= 11 is 0. The number of ether oxygens (including phenoxy) is 3. The van der Waals surface area contributed by atoms with Gasteiger partial charge in [-0.3, -0.25) is 0 Å². The lowest BCUT2D eigenvalue weighted by Gasteiger charge is -2.24. The van der Waals surface area contributed by atoms with E-state index in [0.29, 0.717) is 36.6 Å². The van der Waals surface area contributed by atoms with Gasteiger partial charge in [0, 0.05) is 15.2 Å². The van der Waals surface area contributed by atoms with E-state index < -0.39 is 24.7 Å². The van der Waals surface area contributed by atoms with Crippen LogP contribution in [0.25, 0.3) is 0 Å². The number of rotatable bonds is 10. The lowest BCUT2D eigenvalue weighted by molar-refractivity contribution is 0.349. The highest BCUT2D eigenvalue weighted by molar-refractivity contribution is 6.76. The Morgan fingerprint density at radius 1 is 0.550 bits per heavy atom. The van der Waals surface area contributed by atoms with Crippen LogP contribution in [0.15, 0.2) is 0 Å². The minimum absolute atomic E-state index is 0.599. The van der Waals surface area contributed by atoms with Gasteiger partial charge in [-0.1, -0.05) is 44.9 Å². The molecule has 5 nitrogen and oxygen atoms in total. The molecule has 6 fully saturated rings. The van der Waals surface area contributed by atoms with E-state index in [1.54, 1.807) is 0 Å². The molecule has 9 atom stereocenters. The summed E-state index contributed by atoms with van der Waals surface area (Å²) in [6, 6.07) is 3.88. The minimum Gasteiger partial charge on any atom is -0.432 e. The predicted molar refractivity (Wildman–Crippen MR) is 174 cm³/mol. The topological polar surface area (TPSA) is 67.0 Å². The maximum atomic E-state index is 9.73. The summed E-state index contributed by atoms with van der Waals surface area (Å²) in [6.07, 6.45) is 20.0. The number of epoxide rings is 3. The molecule has 0 aromatic carbocycles. The average Bonchev–Trinajstić information content (AvgIpc) is 3.77. The molecule has 6 aliphatic rings. The Bertz CT molecular complexity index is 739. The van der Waals surface area contributed by atoms with Gasteiger partial charge in [-0.25, -0.2) is 0 Å². The molecule has 3 aliphatic heterocycles. The third-order valence-corrected chi connectivity index (χ3v) is 16.4. The zero-order valence-electron chi connectivity index (χ0n) is 27.4. The van der Waals surface area contributed by atoms with E-state index in [-0.39, 0.29) is 0 Å². The van der Waals surface area contributed by atoms with Crippen LogP contribution in [0.4, 0.5) is 0 Å². The summed E-state index contributed by atoms with van der Waals surface area (Å²) < 4.78 is 22.2. The molecule has 3 heterocycles. The lowest BCUT2D eigenvalue weighted by Crippen LogP contribution is -2.29. The Balaban J connectivity index is 0.000000139. The predicted octanol–water partition coefficient (Wildman–Crippen LogP) is 8.22. The van der Waals surface area contributed by atoms with Gasteiger partial charge >= 0.3 is 0 Å². The Labute approximate surface area is 250 Å². The molecule has 0 radical (unpaired) electrons. The molecule has 40 heavy (non-hydrogen) atoms. The van der Waals surface area contributed by atoms with Crippen LogP contribution in [0.5, 0.6) is 0 Å². The molecule has 3 saturated heterocycles. The van der Waals surface area contributed by atoms with Gasteiger partial charge in [0.2, 0.25) is 0 Å². The van der Waals surface area contributed by atoms with Gasteiger partial charge in [0.25, 0.3) is 0 Å². The molecule has 8 heteroatoms. The van der Waals surface area contributed by atoms with Crippen molar-refractivity contribution < 1.29 is 23.4 Å². The third kappa shape index (κ3) is 12.2. The van der Waals surface area contributed by atoms with Crippen LogP contribution in [-0.4, -0.2) is 73.2 Å². The van der Waals surface area contributed by atoms with Crippen LogP contribution in [0.3, 0.4) is 0 Å². The van der Waals surface area contributed by atoms with Crippen LogP contribution in [0, 0.1) is 17.8 Å². The second-order valence-electron chi connectivity index (χ2n) is 16.6.